The van der Waals surface area contributed by atoms with Gasteiger partial charge in [-0.3, -0.25) is 4.79 Å². The van der Waals surface area contributed by atoms with Gasteiger partial charge in [-0.05, 0) is 55.1 Å². The van der Waals surface area contributed by atoms with E-state index in [2.05, 4.69) is 25.2 Å². The average Bonchev–Trinajstić information content (AvgIpc) is 3.14. The number of ketones is 1. The predicted octanol–water partition coefficient (Wildman–Crippen LogP) is 4.52. The second kappa shape index (κ2) is 3.58. The van der Waals surface area contributed by atoms with Gasteiger partial charge >= 0.3 is 0 Å². The van der Waals surface area contributed by atoms with Gasteiger partial charge in [0.15, 0.2) is 0 Å². The van der Waals surface area contributed by atoms with Gasteiger partial charge < -0.3 is 0 Å². The van der Waals surface area contributed by atoms with Crippen molar-refractivity contribution in [3.63, 3.8) is 0 Å². The van der Waals surface area contributed by atoms with Crippen LogP contribution in [0.15, 0.2) is 46.1 Å². The molecule has 0 amide bonds. The molecule has 112 valence electrons. The summed E-state index contributed by atoms with van der Waals surface area (Å²) in [6.07, 6.45) is 14.0. The highest BCUT2D eigenvalue weighted by Gasteiger charge is 2.61. The smallest absolute Gasteiger partial charge is 0.144 e. The van der Waals surface area contributed by atoms with Gasteiger partial charge in [0.1, 0.15) is 5.78 Å². The monoisotopic (exact) mass is 290 g/mol. The summed E-state index contributed by atoms with van der Waals surface area (Å²) in [5.41, 5.74) is 8.80. The van der Waals surface area contributed by atoms with Crippen LogP contribution in [-0.4, -0.2) is 5.78 Å². The van der Waals surface area contributed by atoms with E-state index in [1.54, 1.807) is 11.1 Å². The zero-order chi connectivity index (χ0) is 14.6. The number of carbonyl (C=O) groups is 1. The van der Waals surface area contributed by atoms with E-state index in [4.69, 9.17) is 0 Å². The fourth-order valence-electron chi connectivity index (χ4n) is 7.11. The largest absolute Gasteiger partial charge is 0.299 e. The molecule has 6 aliphatic rings. The quantitative estimate of drug-likeness (QED) is 0.599. The molecule has 1 heteroatoms. The molecule has 1 spiro atoms. The number of allylic oxidation sites excluding steroid dienone is 8. The van der Waals surface area contributed by atoms with Crippen molar-refractivity contribution in [1.82, 2.24) is 0 Å². The van der Waals surface area contributed by atoms with Crippen LogP contribution in [-0.2, 0) is 4.79 Å². The van der Waals surface area contributed by atoms with Crippen LogP contribution in [0.4, 0.5) is 0 Å². The minimum absolute atomic E-state index is 0.0891. The van der Waals surface area contributed by atoms with E-state index in [0.29, 0.717) is 17.1 Å². The summed E-state index contributed by atoms with van der Waals surface area (Å²) in [5.74, 6) is 2.79. The van der Waals surface area contributed by atoms with Crippen molar-refractivity contribution in [3.05, 3.63) is 46.1 Å². The Balaban J connectivity index is 1.72. The summed E-state index contributed by atoms with van der Waals surface area (Å²) in [7, 11) is 0. The van der Waals surface area contributed by atoms with E-state index in [-0.39, 0.29) is 5.92 Å². The molecule has 1 saturated carbocycles. The maximum absolute atomic E-state index is 12.5. The van der Waals surface area contributed by atoms with Crippen molar-refractivity contribution in [3.8, 4) is 0 Å². The van der Waals surface area contributed by atoms with Crippen LogP contribution in [0.3, 0.4) is 0 Å². The molecule has 0 aromatic carbocycles. The molecule has 6 rings (SSSR count). The topological polar surface area (TPSA) is 17.1 Å². The fourth-order valence-corrected chi connectivity index (χ4v) is 7.11. The Morgan fingerprint density at radius 1 is 1.23 bits per heavy atom. The zero-order valence-corrected chi connectivity index (χ0v) is 13.2. The average molecular weight is 290 g/mol. The van der Waals surface area contributed by atoms with Gasteiger partial charge in [0.25, 0.3) is 0 Å². The molecule has 1 nitrogen and oxygen atoms in total. The first-order chi connectivity index (χ1) is 10.7. The first kappa shape index (κ1) is 12.1. The summed E-state index contributed by atoms with van der Waals surface area (Å²) >= 11 is 0. The summed E-state index contributed by atoms with van der Waals surface area (Å²) in [5, 5.41) is 0. The van der Waals surface area contributed by atoms with Gasteiger partial charge in [0.2, 0.25) is 0 Å². The summed E-state index contributed by atoms with van der Waals surface area (Å²) in [6, 6.07) is 0. The van der Waals surface area contributed by atoms with Gasteiger partial charge in [-0.2, -0.15) is 0 Å². The molecule has 5 unspecified atom stereocenters. The van der Waals surface area contributed by atoms with Crippen molar-refractivity contribution >= 4 is 5.78 Å². The highest BCUT2D eigenvalue weighted by Crippen LogP contribution is 2.72. The van der Waals surface area contributed by atoms with Crippen LogP contribution in [0.2, 0.25) is 0 Å². The normalized spacial score (nSPS) is 47.1. The Labute approximate surface area is 131 Å². The summed E-state index contributed by atoms with van der Waals surface area (Å²) in [6.45, 7) is 2.44. The van der Waals surface area contributed by atoms with Crippen molar-refractivity contribution in [1.29, 1.82) is 0 Å². The van der Waals surface area contributed by atoms with Crippen LogP contribution in [0.1, 0.15) is 45.4 Å². The molecule has 0 aromatic rings. The summed E-state index contributed by atoms with van der Waals surface area (Å²) in [4.78, 5) is 12.5. The molecule has 0 aliphatic heterocycles. The van der Waals surface area contributed by atoms with Crippen molar-refractivity contribution in [2.75, 3.05) is 0 Å². The fraction of sp³-hybridized carbons (Fsp3) is 0.571. The SMILES string of the molecule is CC1CC2=C3C4CCC2(C4)C2=C4C(=CC=CC4C(=O)CC2)C31. The molecule has 5 atom stereocenters. The molecular weight excluding hydrogens is 268 g/mol. The predicted molar refractivity (Wildman–Crippen MR) is 86.1 cm³/mol. The lowest BCUT2D eigenvalue weighted by atomic mass is 9.61. The molecule has 0 heterocycles. The minimum Gasteiger partial charge on any atom is -0.299 e. The molecule has 0 N–H and O–H groups in total. The van der Waals surface area contributed by atoms with Gasteiger partial charge in [-0.25, -0.2) is 0 Å². The Kier molecular flexibility index (Phi) is 1.97. The number of Topliss-reactive ketones (excluding diaryl/α,β-unsaturated/α-hetero) is 1. The molecular formula is C21H22O. The van der Waals surface area contributed by atoms with E-state index < -0.39 is 0 Å². The van der Waals surface area contributed by atoms with Crippen molar-refractivity contribution in [2.24, 2.45) is 29.1 Å². The Morgan fingerprint density at radius 2 is 2.14 bits per heavy atom. The number of fused-ring (bicyclic) bond motifs is 2. The standard InChI is InChI=1S/C21H22O/c1-11-9-16-19-12-7-8-21(16,10-12)15-5-6-17(22)13-3-2-4-14(18(11)19)20(13)15/h2-4,11-13,18H,5-10H2,1H3. The first-order valence-corrected chi connectivity index (χ1v) is 9.09. The number of rotatable bonds is 0. The van der Waals surface area contributed by atoms with E-state index in [1.165, 1.54) is 31.3 Å². The number of hydrogen-bond donors (Lipinski definition) is 0. The zero-order valence-electron chi connectivity index (χ0n) is 13.2. The van der Waals surface area contributed by atoms with Gasteiger partial charge in [0.05, 0.1) is 5.92 Å². The summed E-state index contributed by atoms with van der Waals surface area (Å²) < 4.78 is 0. The Hall–Kier alpha value is -1.37. The minimum atomic E-state index is 0.0891. The maximum Gasteiger partial charge on any atom is 0.144 e. The first-order valence-electron chi connectivity index (χ1n) is 9.09. The third-order valence-corrected chi connectivity index (χ3v) is 7.72. The van der Waals surface area contributed by atoms with Crippen LogP contribution in [0, 0.1) is 29.1 Å². The molecule has 22 heavy (non-hydrogen) atoms. The van der Waals surface area contributed by atoms with Crippen LogP contribution >= 0.6 is 0 Å². The highest BCUT2D eigenvalue weighted by molar-refractivity contribution is 5.90. The second-order valence-corrected chi connectivity index (χ2v) is 8.46. The second-order valence-electron chi connectivity index (χ2n) is 8.46. The molecule has 5 bridgehead atoms. The number of hydrogen-bond acceptors (Lipinski definition) is 1. The van der Waals surface area contributed by atoms with E-state index in [1.807, 2.05) is 11.1 Å². The lowest BCUT2D eigenvalue weighted by molar-refractivity contribution is -0.121. The molecule has 0 aromatic heterocycles. The van der Waals surface area contributed by atoms with Crippen LogP contribution in [0.5, 0.6) is 0 Å². The van der Waals surface area contributed by atoms with Crippen molar-refractivity contribution < 1.29 is 4.79 Å². The van der Waals surface area contributed by atoms with Gasteiger partial charge in [-0.1, -0.05) is 41.9 Å². The van der Waals surface area contributed by atoms with E-state index in [0.717, 1.165) is 24.7 Å². The van der Waals surface area contributed by atoms with E-state index in [9.17, 15) is 4.79 Å². The molecule has 0 saturated heterocycles. The highest BCUT2D eigenvalue weighted by atomic mass is 16.1. The lowest BCUT2D eigenvalue weighted by Crippen LogP contribution is -2.34. The lowest BCUT2D eigenvalue weighted by Gasteiger charge is -2.42. The third kappa shape index (κ3) is 1.10. The van der Waals surface area contributed by atoms with Gasteiger partial charge in [0, 0.05) is 17.8 Å². The maximum atomic E-state index is 12.5. The van der Waals surface area contributed by atoms with Crippen LogP contribution < -0.4 is 0 Å². The Morgan fingerprint density at radius 3 is 3.05 bits per heavy atom. The molecule has 6 aliphatic carbocycles. The van der Waals surface area contributed by atoms with E-state index >= 15 is 0 Å². The Bertz CT molecular complexity index is 759. The van der Waals surface area contributed by atoms with Gasteiger partial charge in [-0.15, -0.1) is 0 Å². The third-order valence-electron chi connectivity index (χ3n) is 7.72. The van der Waals surface area contributed by atoms with Crippen LogP contribution in [0.25, 0.3) is 0 Å². The van der Waals surface area contributed by atoms with Crippen molar-refractivity contribution in [2.45, 2.75) is 45.4 Å². The molecule has 0 radical (unpaired) electrons. The molecule has 1 fully saturated rings. The number of carbonyl (C=O) groups excluding carboxylic acids is 1.